The van der Waals surface area contributed by atoms with Crippen LogP contribution in [0.15, 0.2) is 24.3 Å². The highest BCUT2D eigenvalue weighted by Crippen LogP contribution is 2.29. The number of nitrogen functional groups attached to an aromatic ring is 1. The molecule has 108 valence electrons. The molecule has 0 aliphatic heterocycles. The van der Waals surface area contributed by atoms with Crippen LogP contribution in [0.1, 0.15) is 11.4 Å². The minimum atomic E-state index is -4.72. The van der Waals surface area contributed by atoms with Crippen molar-refractivity contribution < 1.29 is 13.2 Å². The van der Waals surface area contributed by atoms with Gasteiger partial charge in [0.25, 0.3) is 0 Å². The molecule has 0 bridgehead atoms. The Hall–Kier alpha value is -2.53. The molecule has 0 amide bonds. The van der Waals surface area contributed by atoms with Crippen molar-refractivity contribution in [2.24, 2.45) is 0 Å². The molecule has 0 aliphatic rings. The van der Waals surface area contributed by atoms with Crippen molar-refractivity contribution in [2.75, 3.05) is 11.1 Å². The second-order valence-corrected chi connectivity index (χ2v) is 4.36. The van der Waals surface area contributed by atoms with Crippen molar-refractivity contribution >= 4 is 28.9 Å². The predicted molar refractivity (Wildman–Crippen MR) is 70.9 cm³/mol. The molecule has 0 saturated carbocycles. The van der Waals surface area contributed by atoms with Crippen LogP contribution < -0.4 is 11.1 Å². The molecule has 0 fully saturated rings. The predicted octanol–water partition coefficient (Wildman–Crippen LogP) is 3.35. The van der Waals surface area contributed by atoms with Crippen molar-refractivity contribution in [1.82, 2.24) is 9.97 Å². The maximum absolute atomic E-state index is 12.6. The van der Waals surface area contributed by atoms with E-state index >= 15 is 0 Å². The number of nitrogens with one attached hydrogen (secondary N) is 1. The summed E-state index contributed by atoms with van der Waals surface area (Å²) >= 11 is 5.79. The summed E-state index contributed by atoms with van der Waals surface area (Å²) in [6.45, 7) is 0. The van der Waals surface area contributed by atoms with E-state index in [9.17, 15) is 13.2 Å². The van der Waals surface area contributed by atoms with Gasteiger partial charge in [-0.25, -0.2) is 9.97 Å². The number of nitrogens with two attached hydrogens (primary N) is 1. The molecule has 9 heteroatoms. The second-order valence-electron chi connectivity index (χ2n) is 3.93. The summed E-state index contributed by atoms with van der Waals surface area (Å²) in [6.07, 6.45) is -4.72. The lowest BCUT2D eigenvalue weighted by molar-refractivity contribution is -0.144. The van der Waals surface area contributed by atoms with Crippen molar-refractivity contribution in [3.63, 3.8) is 0 Å². The van der Waals surface area contributed by atoms with E-state index in [0.29, 0.717) is 5.02 Å². The van der Waals surface area contributed by atoms with E-state index in [1.54, 1.807) is 0 Å². The molecule has 0 saturated heterocycles. The van der Waals surface area contributed by atoms with Gasteiger partial charge < -0.3 is 11.1 Å². The highest BCUT2D eigenvalue weighted by Gasteiger charge is 2.35. The minimum Gasteiger partial charge on any atom is -0.384 e. The van der Waals surface area contributed by atoms with Gasteiger partial charge in [0.15, 0.2) is 0 Å². The van der Waals surface area contributed by atoms with Gasteiger partial charge in [-0.3, -0.25) is 0 Å². The fourth-order valence-electron chi connectivity index (χ4n) is 1.51. The van der Waals surface area contributed by atoms with Crippen LogP contribution in [0, 0.1) is 11.3 Å². The van der Waals surface area contributed by atoms with E-state index in [0.717, 1.165) is 6.07 Å². The summed E-state index contributed by atoms with van der Waals surface area (Å²) in [7, 11) is 0. The minimum absolute atomic E-state index is 0.186. The number of nitriles is 1. The zero-order valence-corrected chi connectivity index (χ0v) is 11.0. The van der Waals surface area contributed by atoms with Gasteiger partial charge in [0.05, 0.1) is 11.3 Å². The summed E-state index contributed by atoms with van der Waals surface area (Å²) in [5.41, 5.74) is 5.75. The number of benzene rings is 1. The van der Waals surface area contributed by atoms with Gasteiger partial charge in [-0.2, -0.15) is 18.4 Å². The lowest BCUT2D eigenvalue weighted by Crippen LogP contribution is -2.13. The Kier molecular flexibility index (Phi) is 3.86. The second kappa shape index (κ2) is 5.46. The van der Waals surface area contributed by atoms with E-state index in [1.807, 2.05) is 6.07 Å². The summed E-state index contributed by atoms with van der Waals surface area (Å²) in [5.74, 6) is -1.90. The first-order valence-corrected chi connectivity index (χ1v) is 5.86. The third-order valence-corrected chi connectivity index (χ3v) is 2.60. The van der Waals surface area contributed by atoms with E-state index < -0.39 is 12.0 Å². The number of aromatic nitrogens is 2. The molecular formula is C12H7ClF3N5. The van der Waals surface area contributed by atoms with Gasteiger partial charge in [-0.05, 0) is 18.2 Å². The zero-order chi connectivity index (χ0) is 15.6. The van der Waals surface area contributed by atoms with Crippen molar-refractivity contribution in [1.29, 1.82) is 5.26 Å². The zero-order valence-electron chi connectivity index (χ0n) is 10.2. The monoisotopic (exact) mass is 313 g/mol. The third-order valence-electron chi connectivity index (χ3n) is 2.36. The fraction of sp³-hybridized carbons (Fsp3) is 0.0833. The largest absolute Gasteiger partial charge is 0.451 e. The van der Waals surface area contributed by atoms with Crippen molar-refractivity contribution in [3.05, 3.63) is 40.7 Å². The Balaban J connectivity index is 2.43. The molecule has 21 heavy (non-hydrogen) atoms. The first kappa shape index (κ1) is 14.9. The van der Waals surface area contributed by atoms with Crippen LogP contribution in [0.25, 0.3) is 0 Å². The van der Waals surface area contributed by atoms with Crippen molar-refractivity contribution in [2.45, 2.75) is 6.18 Å². The van der Waals surface area contributed by atoms with Gasteiger partial charge in [0.2, 0.25) is 5.82 Å². The van der Waals surface area contributed by atoms with Crippen LogP contribution in [-0.4, -0.2) is 9.97 Å². The number of halogens is 4. The Morgan fingerprint density at radius 3 is 2.57 bits per heavy atom. The SMILES string of the molecule is N#Cc1ccc(Cl)cc1Nc1cc(N)nc(C(F)(F)F)n1. The number of hydrogen-bond acceptors (Lipinski definition) is 5. The van der Waals surface area contributed by atoms with Crippen LogP contribution >= 0.6 is 11.6 Å². The van der Waals surface area contributed by atoms with Crippen LogP contribution in [0.5, 0.6) is 0 Å². The summed E-state index contributed by atoms with van der Waals surface area (Å²) in [6, 6.07) is 7.32. The van der Waals surface area contributed by atoms with Crippen LogP contribution in [0.2, 0.25) is 5.02 Å². The molecule has 1 aromatic heterocycles. The molecule has 5 nitrogen and oxygen atoms in total. The molecule has 0 radical (unpaired) electrons. The Bertz CT molecular complexity index is 724. The van der Waals surface area contributed by atoms with Crippen LogP contribution in [0.3, 0.4) is 0 Å². The average molecular weight is 314 g/mol. The molecule has 3 N–H and O–H groups in total. The molecule has 2 rings (SSSR count). The average Bonchev–Trinajstić information content (AvgIpc) is 2.37. The van der Waals surface area contributed by atoms with Gasteiger partial charge >= 0.3 is 6.18 Å². The van der Waals surface area contributed by atoms with Gasteiger partial charge in [-0.15, -0.1) is 0 Å². The third kappa shape index (κ3) is 3.52. The molecular weight excluding hydrogens is 307 g/mol. The molecule has 1 aromatic carbocycles. The normalized spacial score (nSPS) is 11.0. The Labute approximate surface area is 122 Å². The first-order chi connectivity index (χ1) is 9.79. The standard InChI is InChI=1S/C12H7ClF3N5/c13-7-2-1-6(5-17)8(3-7)19-10-4-9(18)20-11(21-10)12(14,15)16/h1-4H,(H3,18,19,20,21). The first-order valence-electron chi connectivity index (χ1n) is 5.48. The summed E-state index contributed by atoms with van der Waals surface area (Å²) in [4.78, 5) is 6.44. The molecule has 0 spiro atoms. The quantitative estimate of drug-likeness (QED) is 0.887. The van der Waals surface area contributed by atoms with E-state index in [4.69, 9.17) is 22.6 Å². The lowest BCUT2D eigenvalue weighted by Gasteiger charge is -2.11. The van der Waals surface area contributed by atoms with E-state index in [-0.39, 0.29) is 22.9 Å². The van der Waals surface area contributed by atoms with Gasteiger partial charge in [-0.1, -0.05) is 11.6 Å². The summed E-state index contributed by atoms with van der Waals surface area (Å²) in [5, 5.41) is 11.8. The smallest absolute Gasteiger partial charge is 0.384 e. The molecule has 0 unspecified atom stereocenters. The fourth-order valence-corrected chi connectivity index (χ4v) is 1.68. The van der Waals surface area contributed by atoms with Crippen molar-refractivity contribution in [3.8, 4) is 6.07 Å². The van der Waals surface area contributed by atoms with Gasteiger partial charge in [0.1, 0.15) is 17.7 Å². The molecule has 0 atom stereocenters. The number of nitrogens with zero attached hydrogens (tertiary/aromatic N) is 3. The maximum Gasteiger partial charge on any atom is 0.451 e. The van der Waals surface area contributed by atoms with Gasteiger partial charge in [0, 0.05) is 11.1 Å². The molecule has 1 heterocycles. The van der Waals surface area contributed by atoms with E-state index in [2.05, 4.69) is 15.3 Å². The summed E-state index contributed by atoms with van der Waals surface area (Å²) < 4.78 is 37.8. The Morgan fingerprint density at radius 2 is 1.95 bits per heavy atom. The van der Waals surface area contributed by atoms with Crippen LogP contribution in [-0.2, 0) is 6.18 Å². The Morgan fingerprint density at radius 1 is 1.24 bits per heavy atom. The maximum atomic E-state index is 12.6. The number of alkyl halides is 3. The molecule has 2 aromatic rings. The number of rotatable bonds is 2. The van der Waals surface area contributed by atoms with Crippen LogP contribution in [0.4, 0.5) is 30.5 Å². The lowest BCUT2D eigenvalue weighted by atomic mass is 10.2. The topological polar surface area (TPSA) is 87.6 Å². The molecule has 0 aliphatic carbocycles. The van der Waals surface area contributed by atoms with E-state index in [1.165, 1.54) is 18.2 Å². The number of hydrogen-bond donors (Lipinski definition) is 2. The number of anilines is 3. The highest BCUT2D eigenvalue weighted by atomic mass is 35.5. The highest BCUT2D eigenvalue weighted by molar-refractivity contribution is 6.30.